The van der Waals surface area contributed by atoms with E-state index in [0.717, 1.165) is 31.5 Å². The van der Waals surface area contributed by atoms with Crippen LogP contribution in [0.2, 0.25) is 0 Å². The number of anilines is 1. The van der Waals surface area contributed by atoms with E-state index in [9.17, 15) is 9.59 Å². The number of aromatic nitrogens is 1. The van der Waals surface area contributed by atoms with Crippen LogP contribution >= 0.6 is 0 Å². The zero-order valence-corrected chi connectivity index (χ0v) is 14.9. The standard InChI is InChI=1S/C20H24N4O2/c1-24-11-5-7-16(14-24)19(25)23-18-9-3-2-8-17(18)20(26)22-13-15-6-4-10-21-12-15/h2-4,6,8-10,12,16H,5,7,11,13-14H2,1H3,(H,22,26)(H,23,25)/t16-/m0/s1. The van der Waals surface area contributed by atoms with Gasteiger partial charge >= 0.3 is 0 Å². The molecular weight excluding hydrogens is 328 g/mol. The van der Waals surface area contributed by atoms with E-state index in [0.29, 0.717) is 17.8 Å². The van der Waals surface area contributed by atoms with E-state index in [1.165, 1.54) is 0 Å². The fraction of sp³-hybridized carbons (Fsp3) is 0.350. The molecule has 26 heavy (non-hydrogen) atoms. The van der Waals surface area contributed by atoms with E-state index in [4.69, 9.17) is 0 Å². The van der Waals surface area contributed by atoms with Crippen molar-refractivity contribution >= 4 is 17.5 Å². The molecular formula is C20H24N4O2. The molecule has 2 heterocycles. The van der Waals surface area contributed by atoms with Crippen LogP contribution in [-0.2, 0) is 11.3 Å². The Balaban J connectivity index is 1.65. The Morgan fingerprint density at radius 2 is 2.08 bits per heavy atom. The molecule has 1 aromatic carbocycles. The first-order valence-corrected chi connectivity index (χ1v) is 8.89. The van der Waals surface area contributed by atoms with Crippen LogP contribution in [0, 0.1) is 5.92 Å². The van der Waals surface area contributed by atoms with Crippen molar-refractivity contribution in [1.82, 2.24) is 15.2 Å². The van der Waals surface area contributed by atoms with Crippen LogP contribution in [0.4, 0.5) is 5.69 Å². The molecule has 1 saturated heterocycles. The Morgan fingerprint density at radius 3 is 2.85 bits per heavy atom. The molecule has 0 radical (unpaired) electrons. The number of nitrogens with zero attached hydrogens (tertiary/aromatic N) is 2. The van der Waals surface area contributed by atoms with Gasteiger partial charge in [-0.1, -0.05) is 18.2 Å². The van der Waals surface area contributed by atoms with Gasteiger partial charge in [0.2, 0.25) is 5.91 Å². The topological polar surface area (TPSA) is 74.3 Å². The molecule has 1 fully saturated rings. The molecule has 2 aromatic rings. The zero-order valence-electron chi connectivity index (χ0n) is 14.9. The quantitative estimate of drug-likeness (QED) is 0.866. The molecule has 6 nitrogen and oxygen atoms in total. The van der Waals surface area contributed by atoms with Crippen LogP contribution in [-0.4, -0.2) is 41.8 Å². The molecule has 1 aromatic heterocycles. The Hall–Kier alpha value is -2.73. The summed E-state index contributed by atoms with van der Waals surface area (Å²) in [4.78, 5) is 31.4. The van der Waals surface area contributed by atoms with Crippen molar-refractivity contribution < 1.29 is 9.59 Å². The summed E-state index contributed by atoms with van der Waals surface area (Å²) in [5.41, 5.74) is 1.94. The Labute approximate surface area is 153 Å². The number of rotatable bonds is 5. The van der Waals surface area contributed by atoms with Crippen molar-refractivity contribution in [3.05, 3.63) is 59.9 Å². The second kappa shape index (κ2) is 8.58. The maximum absolute atomic E-state index is 12.6. The van der Waals surface area contributed by atoms with E-state index in [1.807, 2.05) is 25.2 Å². The number of amides is 2. The third-order valence-corrected chi connectivity index (χ3v) is 4.60. The number of para-hydroxylation sites is 1. The smallest absolute Gasteiger partial charge is 0.253 e. The maximum Gasteiger partial charge on any atom is 0.253 e. The van der Waals surface area contributed by atoms with Gasteiger partial charge in [0.25, 0.3) is 5.91 Å². The van der Waals surface area contributed by atoms with Crippen molar-refractivity contribution in [1.29, 1.82) is 0 Å². The lowest BCUT2D eigenvalue weighted by molar-refractivity contribution is -0.121. The first-order chi connectivity index (χ1) is 12.6. The predicted molar refractivity (Wildman–Crippen MR) is 101 cm³/mol. The van der Waals surface area contributed by atoms with Gasteiger partial charge < -0.3 is 15.5 Å². The van der Waals surface area contributed by atoms with Crippen LogP contribution in [0.3, 0.4) is 0 Å². The number of hydrogen-bond donors (Lipinski definition) is 2. The summed E-state index contributed by atoms with van der Waals surface area (Å²) in [7, 11) is 2.03. The largest absolute Gasteiger partial charge is 0.348 e. The van der Waals surface area contributed by atoms with Gasteiger partial charge in [-0.05, 0) is 50.2 Å². The number of carbonyl (C=O) groups excluding carboxylic acids is 2. The van der Waals surface area contributed by atoms with Crippen LogP contribution in [0.5, 0.6) is 0 Å². The molecule has 2 amide bonds. The highest BCUT2D eigenvalue weighted by Gasteiger charge is 2.25. The van der Waals surface area contributed by atoms with Gasteiger partial charge in [-0.2, -0.15) is 0 Å². The van der Waals surface area contributed by atoms with Gasteiger partial charge in [0.1, 0.15) is 0 Å². The summed E-state index contributed by atoms with van der Waals surface area (Å²) in [6, 6.07) is 10.8. The van der Waals surface area contributed by atoms with Gasteiger partial charge in [-0.25, -0.2) is 0 Å². The van der Waals surface area contributed by atoms with Crippen molar-refractivity contribution in [3.63, 3.8) is 0 Å². The predicted octanol–water partition coefficient (Wildman–Crippen LogP) is 2.29. The second-order valence-corrected chi connectivity index (χ2v) is 6.68. The number of nitrogens with one attached hydrogen (secondary N) is 2. The SMILES string of the molecule is CN1CCC[C@H](C(=O)Nc2ccccc2C(=O)NCc2cccnc2)C1. The monoisotopic (exact) mass is 352 g/mol. The molecule has 136 valence electrons. The minimum Gasteiger partial charge on any atom is -0.348 e. The fourth-order valence-corrected chi connectivity index (χ4v) is 3.19. The summed E-state index contributed by atoms with van der Waals surface area (Å²) < 4.78 is 0. The van der Waals surface area contributed by atoms with Crippen LogP contribution in [0.25, 0.3) is 0 Å². The molecule has 1 atom stereocenters. The molecule has 3 rings (SSSR count). The maximum atomic E-state index is 12.6. The summed E-state index contributed by atoms with van der Waals surface area (Å²) in [6.07, 6.45) is 5.31. The number of benzene rings is 1. The van der Waals surface area contributed by atoms with Crippen molar-refractivity contribution in [2.45, 2.75) is 19.4 Å². The number of hydrogen-bond acceptors (Lipinski definition) is 4. The highest BCUT2D eigenvalue weighted by Crippen LogP contribution is 2.20. The number of piperidine rings is 1. The average molecular weight is 352 g/mol. The molecule has 2 N–H and O–H groups in total. The van der Waals surface area contributed by atoms with E-state index < -0.39 is 0 Å². The molecule has 1 aliphatic rings. The van der Waals surface area contributed by atoms with Crippen molar-refractivity contribution in [2.75, 3.05) is 25.5 Å². The Morgan fingerprint density at radius 1 is 1.23 bits per heavy atom. The zero-order chi connectivity index (χ0) is 18.4. The van der Waals surface area contributed by atoms with Crippen molar-refractivity contribution in [3.8, 4) is 0 Å². The van der Waals surface area contributed by atoms with Crippen molar-refractivity contribution in [2.24, 2.45) is 5.92 Å². The highest BCUT2D eigenvalue weighted by atomic mass is 16.2. The molecule has 0 spiro atoms. The molecule has 0 bridgehead atoms. The van der Waals surface area contributed by atoms with Gasteiger partial charge in [0.15, 0.2) is 0 Å². The van der Waals surface area contributed by atoms with Crippen LogP contribution in [0.15, 0.2) is 48.8 Å². The molecule has 0 aliphatic carbocycles. The summed E-state index contributed by atoms with van der Waals surface area (Å²) in [6.45, 7) is 2.17. The molecule has 6 heteroatoms. The summed E-state index contributed by atoms with van der Waals surface area (Å²) >= 11 is 0. The lowest BCUT2D eigenvalue weighted by Crippen LogP contribution is -2.38. The van der Waals surface area contributed by atoms with Gasteiger partial charge in [-0.3, -0.25) is 14.6 Å². The lowest BCUT2D eigenvalue weighted by atomic mass is 9.97. The lowest BCUT2D eigenvalue weighted by Gasteiger charge is -2.28. The normalized spacial score (nSPS) is 17.5. The first kappa shape index (κ1) is 18.1. The summed E-state index contributed by atoms with van der Waals surface area (Å²) in [5.74, 6) is -0.283. The minimum atomic E-state index is -0.217. The first-order valence-electron chi connectivity index (χ1n) is 8.89. The average Bonchev–Trinajstić information content (AvgIpc) is 2.67. The molecule has 1 aliphatic heterocycles. The number of likely N-dealkylation sites (tertiary alicyclic amines) is 1. The van der Waals surface area contributed by atoms with E-state index >= 15 is 0 Å². The van der Waals surface area contributed by atoms with Crippen LogP contribution in [0.1, 0.15) is 28.8 Å². The fourth-order valence-electron chi connectivity index (χ4n) is 3.19. The highest BCUT2D eigenvalue weighted by molar-refractivity contribution is 6.04. The molecule has 0 saturated carbocycles. The third-order valence-electron chi connectivity index (χ3n) is 4.60. The number of pyridine rings is 1. The van der Waals surface area contributed by atoms with E-state index in [2.05, 4.69) is 20.5 Å². The Kier molecular flexibility index (Phi) is 5.96. The Bertz CT molecular complexity index is 763. The van der Waals surface area contributed by atoms with Crippen LogP contribution < -0.4 is 10.6 Å². The van der Waals surface area contributed by atoms with Gasteiger partial charge in [-0.15, -0.1) is 0 Å². The van der Waals surface area contributed by atoms with Gasteiger partial charge in [0, 0.05) is 25.5 Å². The van der Waals surface area contributed by atoms with Gasteiger partial charge in [0.05, 0.1) is 17.2 Å². The van der Waals surface area contributed by atoms with E-state index in [-0.39, 0.29) is 17.7 Å². The third kappa shape index (κ3) is 4.67. The molecule has 0 unspecified atom stereocenters. The van der Waals surface area contributed by atoms with E-state index in [1.54, 1.807) is 30.6 Å². The number of carbonyl (C=O) groups is 2. The second-order valence-electron chi connectivity index (χ2n) is 6.68. The summed E-state index contributed by atoms with van der Waals surface area (Å²) in [5, 5.41) is 5.82. The minimum absolute atomic E-state index is 0.0240.